The number of anilines is 2. The topological polar surface area (TPSA) is 66.9 Å². The molecule has 6 heteroatoms. The van der Waals surface area contributed by atoms with Crippen molar-refractivity contribution in [1.29, 1.82) is 0 Å². The molecule has 5 nitrogen and oxygen atoms in total. The van der Waals surface area contributed by atoms with Crippen molar-refractivity contribution in [2.45, 2.75) is 13.5 Å². The second kappa shape index (κ2) is 7.53. The van der Waals surface area contributed by atoms with E-state index in [0.29, 0.717) is 22.8 Å². The van der Waals surface area contributed by atoms with Gasteiger partial charge < -0.3 is 10.6 Å². The maximum Gasteiger partial charge on any atom is 0.258 e. The van der Waals surface area contributed by atoms with E-state index in [1.165, 1.54) is 18.5 Å². The third-order valence-corrected chi connectivity index (χ3v) is 3.58. The highest BCUT2D eigenvalue weighted by Crippen LogP contribution is 2.12. The zero-order valence-corrected chi connectivity index (χ0v) is 13.7. The lowest BCUT2D eigenvalue weighted by Gasteiger charge is -2.08. The van der Waals surface area contributed by atoms with Crippen molar-refractivity contribution in [3.63, 3.8) is 0 Å². The summed E-state index contributed by atoms with van der Waals surface area (Å²) in [4.78, 5) is 20.4. The number of hydrogen-bond acceptors (Lipinski definition) is 4. The summed E-state index contributed by atoms with van der Waals surface area (Å²) >= 11 is 0. The summed E-state index contributed by atoms with van der Waals surface area (Å²) < 4.78 is 13.6. The Morgan fingerprint density at radius 2 is 1.84 bits per heavy atom. The molecule has 0 unspecified atom stereocenters. The van der Waals surface area contributed by atoms with Gasteiger partial charge in [-0.25, -0.2) is 14.4 Å². The summed E-state index contributed by atoms with van der Waals surface area (Å²) in [6, 6.07) is 14.0. The van der Waals surface area contributed by atoms with Crippen molar-refractivity contribution < 1.29 is 9.18 Å². The zero-order chi connectivity index (χ0) is 17.6. The molecule has 2 N–H and O–H groups in total. The predicted molar refractivity (Wildman–Crippen MR) is 94.9 cm³/mol. The van der Waals surface area contributed by atoms with Crippen LogP contribution in [0.25, 0.3) is 0 Å². The van der Waals surface area contributed by atoms with Crippen molar-refractivity contribution in [3.05, 3.63) is 83.4 Å². The number of hydrogen-bond donors (Lipinski definition) is 2. The minimum Gasteiger partial charge on any atom is -0.350 e. The first-order chi connectivity index (χ1) is 12.1. The number of aryl methyl sites for hydroxylation is 1. The average molecular weight is 336 g/mol. The number of rotatable bonds is 5. The molecule has 0 spiro atoms. The summed E-state index contributed by atoms with van der Waals surface area (Å²) in [5.41, 5.74) is 2.64. The molecule has 2 aromatic carbocycles. The number of benzene rings is 2. The quantitative estimate of drug-likeness (QED) is 0.744. The maximum atomic E-state index is 13.6. The largest absolute Gasteiger partial charge is 0.350 e. The first kappa shape index (κ1) is 16.6. The first-order valence-corrected chi connectivity index (χ1v) is 7.79. The van der Waals surface area contributed by atoms with Crippen molar-refractivity contribution in [2.75, 3.05) is 10.6 Å². The molecule has 0 aliphatic rings. The monoisotopic (exact) mass is 336 g/mol. The molecule has 0 bridgehead atoms. The van der Waals surface area contributed by atoms with Crippen LogP contribution < -0.4 is 10.6 Å². The number of nitrogens with zero attached hydrogens (tertiary/aromatic N) is 2. The number of aromatic nitrogens is 2. The van der Waals surface area contributed by atoms with Gasteiger partial charge in [0.2, 0.25) is 5.95 Å². The summed E-state index contributed by atoms with van der Waals surface area (Å²) in [6.45, 7) is 2.22. The molecule has 0 saturated heterocycles. The highest BCUT2D eigenvalue weighted by atomic mass is 19.1. The normalized spacial score (nSPS) is 10.3. The lowest BCUT2D eigenvalue weighted by Crippen LogP contribution is -2.13. The second-order valence-corrected chi connectivity index (χ2v) is 5.56. The fourth-order valence-electron chi connectivity index (χ4n) is 2.28. The number of halogens is 1. The van der Waals surface area contributed by atoms with E-state index in [1.807, 2.05) is 31.2 Å². The van der Waals surface area contributed by atoms with E-state index in [2.05, 4.69) is 20.6 Å². The molecule has 1 heterocycles. The molecular formula is C19H17FN4O. The van der Waals surface area contributed by atoms with E-state index in [4.69, 9.17) is 0 Å². The molecule has 1 aromatic heterocycles. The van der Waals surface area contributed by atoms with Crippen LogP contribution in [0.15, 0.2) is 60.9 Å². The van der Waals surface area contributed by atoms with Crippen molar-refractivity contribution >= 4 is 17.5 Å². The van der Waals surface area contributed by atoms with Gasteiger partial charge in [-0.3, -0.25) is 4.79 Å². The Labute approximate surface area is 145 Å². The lowest BCUT2D eigenvalue weighted by molar-refractivity contribution is 0.102. The van der Waals surface area contributed by atoms with Crippen LogP contribution in [0.5, 0.6) is 0 Å². The van der Waals surface area contributed by atoms with Crippen LogP contribution in [-0.4, -0.2) is 15.9 Å². The van der Waals surface area contributed by atoms with Crippen LogP contribution >= 0.6 is 0 Å². The Hall–Kier alpha value is -3.28. The Bertz CT molecular complexity index is 881. The van der Waals surface area contributed by atoms with Gasteiger partial charge in [0, 0.05) is 30.2 Å². The van der Waals surface area contributed by atoms with Crippen LogP contribution in [0.1, 0.15) is 21.5 Å². The molecular weight excluding hydrogens is 319 g/mol. The van der Waals surface area contributed by atoms with E-state index < -0.39 is 0 Å². The molecule has 0 radical (unpaired) electrons. The fourth-order valence-corrected chi connectivity index (χ4v) is 2.28. The Balaban J connectivity index is 1.61. The van der Waals surface area contributed by atoms with Crippen LogP contribution in [0.3, 0.4) is 0 Å². The number of amides is 1. The molecule has 0 atom stereocenters. The van der Waals surface area contributed by atoms with Crippen molar-refractivity contribution in [2.24, 2.45) is 0 Å². The van der Waals surface area contributed by atoms with Gasteiger partial charge in [-0.05, 0) is 30.7 Å². The van der Waals surface area contributed by atoms with Crippen LogP contribution in [0.4, 0.5) is 16.0 Å². The molecule has 25 heavy (non-hydrogen) atoms. The SMILES string of the molecule is Cc1cccc(NC(=O)c2cnc(NCc3ccccc3F)nc2)c1. The van der Waals surface area contributed by atoms with Gasteiger partial charge in [0.15, 0.2) is 0 Å². The van der Waals surface area contributed by atoms with Crippen molar-refractivity contribution in [1.82, 2.24) is 9.97 Å². The highest BCUT2D eigenvalue weighted by Gasteiger charge is 2.08. The minimum atomic E-state index is -0.288. The fraction of sp³-hybridized carbons (Fsp3) is 0.105. The molecule has 0 aliphatic heterocycles. The summed E-state index contributed by atoms with van der Waals surface area (Å²) in [5.74, 6) is -0.245. The minimum absolute atomic E-state index is 0.265. The molecule has 0 fully saturated rings. The maximum absolute atomic E-state index is 13.6. The number of carbonyl (C=O) groups is 1. The van der Waals surface area contributed by atoms with Crippen LogP contribution in [0.2, 0.25) is 0 Å². The van der Waals surface area contributed by atoms with Crippen LogP contribution in [-0.2, 0) is 6.54 Å². The Morgan fingerprint density at radius 1 is 1.08 bits per heavy atom. The molecule has 1 amide bonds. The van der Waals surface area contributed by atoms with Gasteiger partial charge in [0.1, 0.15) is 5.82 Å². The van der Waals surface area contributed by atoms with Gasteiger partial charge in [-0.15, -0.1) is 0 Å². The van der Waals surface area contributed by atoms with Gasteiger partial charge in [-0.2, -0.15) is 0 Å². The standard InChI is InChI=1S/C19H17FN4O/c1-13-5-4-7-16(9-13)24-18(25)15-11-22-19(23-12-15)21-10-14-6-2-3-8-17(14)20/h2-9,11-12H,10H2,1H3,(H,24,25)(H,21,22,23). The van der Waals surface area contributed by atoms with Crippen molar-refractivity contribution in [3.8, 4) is 0 Å². The predicted octanol–water partition coefficient (Wildman–Crippen LogP) is 3.79. The molecule has 126 valence electrons. The van der Waals surface area contributed by atoms with Gasteiger partial charge in [0.05, 0.1) is 5.56 Å². The smallest absolute Gasteiger partial charge is 0.258 e. The third kappa shape index (κ3) is 4.38. The van der Waals surface area contributed by atoms with E-state index in [9.17, 15) is 9.18 Å². The Kier molecular flexibility index (Phi) is 4.99. The molecule has 0 saturated carbocycles. The van der Waals surface area contributed by atoms with Gasteiger partial charge >= 0.3 is 0 Å². The van der Waals surface area contributed by atoms with Gasteiger partial charge in [-0.1, -0.05) is 30.3 Å². The first-order valence-electron chi connectivity index (χ1n) is 7.79. The summed E-state index contributed by atoms with van der Waals surface area (Å²) in [6.07, 6.45) is 2.86. The van der Waals surface area contributed by atoms with E-state index in [1.54, 1.807) is 18.2 Å². The van der Waals surface area contributed by atoms with Gasteiger partial charge in [0.25, 0.3) is 5.91 Å². The highest BCUT2D eigenvalue weighted by molar-refractivity contribution is 6.03. The number of nitrogens with one attached hydrogen (secondary N) is 2. The van der Waals surface area contributed by atoms with E-state index in [-0.39, 0.29) is 18.3 Å². The second-order valence-electron chi connectivity index (χ2n) is 5.56. The zero-order valence-electron chi connectivity index (χ0n) is 13.7. The Morgan fingerprint density at radius 3 is 2.56 bits per heavy atom. The van der Waals surface area contributed by atoms with Crippen LogP contribution in [0, 0.1) is 12.7 Å². The lowest BCUT2D eigenvalue weighted by atomic mass is 10.2. The average Bonchev–Trinajstić information content (AvgIpc) is 2.61. The summed E-state index contributed by atoms with van der Waals surface area (Å²) in [5, 5.41) is 5.73. The van der Waals surface area contributed by atoms with E-state index >= 15 is 0 Å². The number of carbonyl (C=O) groups excluding carboxylic acids is 1. The molecule has 0 aliphatic carbocycles. The third-order valence-electron chi connectivity index (χ3n) is 3.58. The summed E-state index contributed by atoms with van der Waals surface area (Å²) in [7, 11) is 0. The van der Waals surface area contributed by atoms with E-state index in [0.717, 1.165) is 5.56 Å². The molecule has 3 rings (SSSR count). The molecule has 3 aromatic rings.